The Balaban J connectivity index is 2.04. The zero-order chi connectivity index (χ0) is 14.0. The van der Waals surface area contributed by atoms with Crippen LogP contribution in [0.15, 0.2) is 18.2 Å². The van der Waals surface area contributed by atoms with Crippen molar-refractivity contribution in [2.45, 2.75) is 39.2 Å². The van der Waals surface area contributed by atoms with Crippen LogP contribution in [-0.4, -0.2) is 22.2 Å². The average molecular weight is 263 g/mol. The molecule has 1 fully saturated rings. The van der Waals surface area contributed by atoms with E-state index in [9.17, 15) is 15.0 Å². The van der Waals surface area contributed by atoms with Crippen molar-refractivity contribution < 1.29 is 15.0 Å². The summed E-state index contributed by atoms with van der Waals surface area (Å²) in [5, 5.41) is 21.8. The van der Waals surface area contributed by atoms with Gasteiger partial charge < -0.3 is 15.5 Å². The van der Waals surface area contributed by atoms with Crippen LogP contribution in [0.5, 0.6) is 11.5 Å². The highest BCUT2D eigenvalue weighted by Gasteiger charge is 2.25. The van der Waals surface area contributed by atoms with E-state index in [0.29, 0.717) is 17.4 Å². The molecule has 1 aromatic rings. The Morgan fingerprint density at radius 3 is 2.11 bits per heavy atom. The lowest BCUT2D eigenvalue weighted by Crippen LogP contribution is -2.40. The molecule has 3 N–H and O–H groups in total. The predicted octanol–water partition coefficient (Wildman–Crippen LogP) is 2.65. The fraction of sp³-hybridized carbons (Fsp3) is 0.533. The molecule has 4 nitrogen and oxygen atoms in total. The molecule has 0 saturated heterocycles. The van der Waals surface area contributed by atoms with Gasteiger partial charge in [-0.3, -0.25) is 4.79 Å². The van der Waals surface area contributed by atoms with E-state index in [-0.39, 0.29) is 23.4 Å². The zero-order valence-corrected chi connectivity index (χ0v) is 11.4. The molecule has 0 bridgehead atoms. The molecule has 0 aliphatic heterocycles. The van der Waals surface area contributed by atoms with Crippen LogP contribution in [0.1, 0.15) is 43.5 Å². The van der Waals surface area contributed by atoms with Gasteiger partial charge in [-0.25, -0.2) is 0 Å². The number of hydrogen-bond donors (Lipinski definition) is 3. The standard InChI is InChI=1S/C15H21NO3/c1-9-3-10(2)5-12(4-9)16-15(19)11-6-13(17)8-14(18)7-11/h6-10,12,17-18H,3-5H2,1-2H3,(H,16,19). The van der Waals surface area contributed by atoms with E-state index in [1.165, 1.54) is 24.6 Å². The summed E-state index contributed by atoms with van der Waals surface area (Å²) in [5.41, 5.74) is 0.295. The van der Waals surface area contributed by atoms with E-state index < -0.39 is 0 Å². The number of carbonyl (C=O) groups is 1. The van der Waals surface area contributed by atoms with Gasteiger partial charge >= 0.3 is 0 Å². The van der Waals surface area contributed by atoms with Crippen molar-refractivity contribution in [1.82, 2.24) is 5.32 Å². The fourth-order valence-corrected chi connectivity index (χ4v) is 3.06. The minimum absolute atomic E-state index is 0.101. The Morgan fingerprint density at radius 1 is 1.05 bits per heavy atom. The van der Waals surface area contributed by atoms with Gasteiger partial charge in [0.1, 0.15) is 11.5 Å². The lowest BCUT2D eigenvalue weighted by Gasteiger charge is -2.32. The summed E-state index contributed by atoms with van der Waals surface area (Å²) in [6.07, 6.45) is 3.18. The molecule has 0 heterocycles. The molecule has 2 rings (SSSR count). The highest BCUT2D eigenvalue weighted by Crippen LogP contribution is 2.29. The first-order valence-corrected chi connectivity index (χ1v) is 6.78. The van der Waals surface area contributed by atoms with Gasteiger partial charge in [-0.15, -0.1) is 0 Å². The normalized spacial score (nSPS) is 26.9. The predicted molar refractivity (Wildman–Crippen MR) is 73.2 cm³/mol. The largest absolute Gasteiger partial charge is 0.508 e. The molecule has 1 saturated carbocycles. The Morgan fingerprint density at radius 2 is 1.58 bits per heavy atom. The highest BCUT2D eigenvalue weighted by molar-refractivity contribution is 5.95. The van der Waals surface area contributed by atoms with E-state index in [1.54, 1.807) is 0 Å². The van der Waals surface area contributed by atoms with Gasteiger partial charge in [0.05, 0.1) is 0 Å². The monoisotopic (exact) mass is 263 g/mol. The summed E-state index contributed by atoms with van der Waals surface area (Å²) in [7, 11) is 0. The number of phenols is 2. The van der Waals surface area contributed by atoms with Crippen molar-refractivity contribution in [2.75, 3.05) is 0 Å². The van der Waals surface area contributed by atoms with Crippen molar-refractivity contribution in [3.63, 3.8) is 0 Å². The molecule has 2 unspecified atom stereocenters. The molecule has 4 heteroatoms. The Hall–Kier alpha value is -1.71. The number of hydrogen-bond acceptors (Lipinski definition) is 3. The molecule has 1 aliphatic rings. The second kappa shape index (κ2) is 5.51. The molecule has 1 aliphatic carbocycles. The fourth-order valence-electron chi connectivity index (χ4n) is 3.06. The quantitative estimate of drug-likeness (QED) is 0.768. The minimum atomic E-state index is -0.238. The second-order valence-corrected chi connectivity index (χ2v) is 5.83. The summed E-state index contributed by atoms with van der Waals surface area (Å²) >= 11 is 0. The van der Waals surface area contributed by atoms with Crippen molar-refractivity contribution in [1.29, 1.82) is 0 Å². The van der Waals surface area contributed by atoms with Crippen molar-refractivity contribution in [3.8, 4) is 11.5 Å². The highest BCUT2D eigenvalue weighted by atomic mass is 16.3. The lowest BCUT2D eigenvalue weighted by molar-refractivity contribution is 0.0910. The van der Waals surface area contributed by atoms with Gasteiger partial charge in [-0.2, -0.15) is 0 Å². The Labute approximate surface area is 113 Å². The van der Waals surface area contributed by atoms with Crippen LogP contribution in [0.4, 0.5) is 0 Å². The summed E-state index contributed by atoms with van der Waals surface area (Å²) in [4.78, 5) is 12.1. The van der Waals surface area contributed by atoms with Gasteiger partial charge in [0.25, 0.3) is 5.91 Å². The third-order valence-corrected chi connectivity index (χ3v) is 3.68. The molecule has 1 amide bonds. The Kier molecular flexibility index (Phi) is 3.98. The molecule has 0 spiro atoms. The van der Waals surface area contributed by atoms with E-state index >= 15 is 0 Å². The first kappa shape index (κ1) is 13.7. The lowest BCUT2D eigenvalue weighted by atomic mass is 9.80. The van der Waals surface area contributed by atoms with E-state index in [0.717, 1.165) is 12.8 Å². The molecule has 1 aromatic carbocycles. The van der Waals surface area contributed by atoms with Crippen molar-refractivity contribution in [3.05, 3.63) is 23.8 Å². The second-order valence-electron chi connectivity index (χ2n) is 5.83. The number of aromatic hydroxyl groups is 2. The van der Waals surface area contributed by atoms with Crippen LogP contribution in [0.3, 0.4) is 0 Å². The maximum absolute atomic E-state index is 12.1. The molecule has 2 atom stereocenters. The number of rotatable bonds is 2. The maximum atomic E-state index is 12.1. The van der Waals surface area contributed by atoms with Crippen LogP contribution in [0.2, 0.25) is 0 Å². The van der Waals surface area contributed by atoms with Crippen LogP contribution >= 0.6 is 0 Å². The van der Waals surface area contributed by atoms with E-state index in [1.807, 2.05) is 0 Å². The van der Waals surface area contributed by atoms with Crippen LogP contribution in [0, 0.1) is 11.8 Å². The molecule has 19 heavy (non-hydrogen) atoms. The summed E-state index contributed by atoms with van der Waals surface area (Å²) in [6, 6.07) is 4.12. The Bertz CT molecular complexity index is 442. The molecule has 0 radical (unpaired) electrons. The van der Waals surface area contributed by atoms with Crippen molar-refractivity contribution >= 4 is 5.91 Å². The van der Waals surface area contributed by atoms with Gasteiger partial charge in [-0.05, 0) is 43.2 Å². The molecule has 0 aromatic heterocycles. The van der Waals surface area contributed by atoms with Crippen LogP contribution in [0.25, 0.3) is 0 Å². The number of phenolic OH excluding ortho intramolecular Hbond substituents is 2. The average Bonchev–Trinajstić information content (AvgIpc) is 2.25. The number of carbonyl (C=O) groups excluding carboxylic acids is 1. The molecule has 104 valence electrons. The summed E-state index contributed by atoms with van der Waals surface area (Å²) in [5.74, 6) is 0.793. The first-order chi connectivity index (χ1) is 8.94. The number of nitrogens with one attached hydrogen (secondary N) is 1. The third kappa shape index (κ3) is 3.63. The third-order valence-electron chi connectivity index (χ3n) is 3.68. The smallest absolute Gasteiger partial charge is 0.251 e. The minimum Gasteiger partial charge on any atom is -0.508 e. The summed E-state index contributed by atoms with van der Waals surface area (Å²) in [6.45, 7) is 4.41. The van der Waals surface area contributed by atoms with Gasteiger partial charge in [-0.1, -0.05) is 13.8 Å². The number of amides is 1. The molecular formula is C15H21NO3. The SMILES string of the molecule is CC1CC(C)CC(NC(=O)c2cc(O)cc(O)c2)C1. The first-order valence-electron chi connectivity index (χ1n) is 6.78. The van der Waals surface area contributed by atoms with Crippen LogP contribution in [-0.2, 0) is 0 Å². The number of benzene rings is 1. The van der Waals surface area contributed by atoms with Gasteiger partial charge in [0.15, 0.2) is 0 Å². The summed E-state index contributed by atoms with van der Waals surface area (Å²) < 4.78 is 0. The van der Waals surface area contributed by atoms with Crippen molar-refractivity contribution in [2.24, 2.45) is 11.8 Å². The molecular weight excluding hydrogens is 242 g/mol. The van der Waals surface area contributed by atoms with Crippen LogP contribution < -0.4 is 5.32 Å². The van der Waals surface area contributed by atoms with E-state index in [4.69, 9.17) is 0 Å². The topological polar surface area (TPSA) is 69.6 Å². The van der Waals surface area contributed by atoms with E-state index in [2.05, 4.69) is 19.2 Å². The van der Waals surface area contributed by atoms with Gasteiger partial charge in [0, 0.05) is 17.7 Å². The maximum Gasteiger partial charge on any atom is 0.251 e. The zero-order valence-electron chi connectivity index (χ0n) is 11.4. The van der Waals surface area contributed by atoms with Gasteiger partial charge in [0.2, 0.25) is 0 Å².